The van der Waals surface area contributed by atoms with Crippen molar-refractivity contribution in [3.63, 3.8) is 0 Å². The summed E-state index contributed by atoms with van der Waals surface area (Å²) in [4.78, 5) is 0. The lowest BCUT2D eigenvalue weighted by Crippen LogP contribution is -2.26. The molecule has 1 aromatic rings. The quantitative estimate of drug-likeness (QED) is 0.798. The van der Waals surface area contributed by atoms with Crippen LogP contribution in [0.1, 0.15) is 50.2 Å². The van der Waals surface area contributed by atoms with Crippen LogP contribution in [0.25, 0.3) is 0 Å². The summed E-state index contributed by atoms with van der Waals surface area (Å²) in [6.07, 6.45) is 6.61. The molecule has 1 fully saturated rings. The van der Waals surface area contributed by atoms with E-state index in [1.54, 1.807) is 6.07 Å². The minimum absolute atomic E-state index is 0.206. The third-order valence-corrected chi connectivity index (χ3v) is 5.18. The number of nitrogens with one attached hydrogen (secondary N) is 1. The third kappa shape index (κ3) is 3.95. The van der Waals surface area contributed by atoms with Crippen molar-refractivity contribution >= 4 is 11.6 Å². The molecule has 1 nitrogen and oxygen atoms in total. The molecule has 0 aliphatic heterocycles. The molecule has 20 heavy (non-hydrogen) atoms. The van der Waals surface area contributed by atoms with Crippen LogP contribution in [0.2, 0.25) is 5.02 Å². The Hall–Kier alpha value is -0.600. The van der Waals surface area contributed by atoms with Crippen molar-refractivity contribution in [2.24, 2.45) is 11.8 Å². The first-order valence-corrected chi connectivity index (χ1v) is 8.13. The maximum atomic E-state index is 13.8. The number of rotatable bonds is 5. The average Bonchev–Trinajstić information content (AvgIpc) is 2.47. The molecule has 0 saturated heterocycles. The van der Waals surface area contributed by atoms with Crippen molar-refractivity contribution in [3.8, 4) is 0 Å². The standard InChI is InChI=1S/C17H25ClFN/c1-3-13-5-7-14(8-6-13)10-20-11-15-16(19)9-4-12(2)17(15)18/h4,9,13-14,20H,3,5-8,10-11H2,1-2H3. The van der Waals surface area contributed by atoms with E-state index in [1.807, 2.05) is 6.92 Å². The second-order valence-electron chi connectivity index (χ2n) is 6.08. The molecule has 1 aliphatic carbocycles. The lowest BCUT2D eigenvalue weighted by molar-refractivity contribution is 0.262. The number of halogens is 2. The van der Waals surface area contributed by atoms with Crippen LogP contribution in [-0.2, 0) is 6.54 Å². The van der Waals surface area contributed by atoms with Gasteiger partial charge in [0.1, 0.15) is 5.82 Å². The lowest BCUT2D eigenvalue weighted by Gasteiger charge is -2.28. The molecule has 112 valence electrons. The summed E-state index contributed by atoms with van der Waals surface area (Å²) >= 11 is 6.18. The second-order valence-corrected chi connectivity index (χ2v) is 6.46. The zero-order valence-corrected chi connectivity index (χ0v) is 13.3. The smallest absolute Gasteiger partial charge is 0.129 e. The number of hydrogen-bond donors (Lipinski definition) is 1. The fraction of sp³-hybridized carbons (Fsp3) is 0.647. The van der Waals surface area contributed by atoms with Crippen molar-refractivity contribution in [3.05, 3.63) is 34.1 Å². The van der Waals surface area contributed by atoms with Gasteiger partial charge in [0.05, 0.1) is 5.02 Å². The molecule has 0 amide bonds. The van der Waals surface area contributed by atoms with Crippen LogP contribution >= 0.6 is 11.6 Å². The number of benzene rings is 1. The van der Waals surface area contributed by atoms with Crippen LogP contribution in [0, 0.1) is 24.6 Å². The highest BCUT2D eigenvalue weighted by atomic mass is 35.5. The molecule has 0 radical (unpaired) electrons. The van der Waals surface area contributed by atoms with E-state index in [0.717, 1.165) is 23.9 Å². The van der Waals surface area contributed by atoms with Crippen molar-refractivity contribution in [2.75, 3.05) is 6.54 Å². The molecule has 0 atom stereocenters. The maximum absolute atomic E-state index is 13.8. The van der Waals surface area contributed by atoms with Gasteiger partial charge in [0, 0.05) is 12.1 Å². The van der Waals surface area contributed by atoms with Gasteiger partial charge < -0.3 is 5.32 Å². The van der Waals surface area contributed by atoms with E-state index in [-0.39, 0.29) is 5.82 Å². The first-order chi connectivity index (χ1) is 9.61. The van der Waals surface area contributed by atoms with Crippen molar-refractivity contribution < 1.29 is 4.39 Å². The van der Waals surface area contributed by atoms with Gasteiger partial charge in [0.2, 0.25) is 0 Å². The normalized spacial score (nSPS) is 23.0. The van der Waals surface area contributed by atoms with Gasteiger partial charge in [0.25, 0.3) is 0 Å². The van der Waals surface area contributed by atoms with E-state index >= 15 is 0 Å². The van der Waals surface area contributed by atoms with E-state index in [0.29, 0.717) is 17.1 Å². The zero-order chi connectivity index (χ0) is 14.5. The molecular weight excluding hydrogens is 273 g/mol. The maximum Gasteiger partial charge on any atom is 0.129 e. The van der Waals surface area contributed by atoms with Gasteiger partial charge in [-0.3, -0.25) is 0 Å². The van der Waals surface area contributed by atoms with Crippen LogP contribution in [0.4, 0.5) is 4.39 Å². The van der Waals surface area contributed by atoms with E-state index in [1.165, 1.54) is 38.2 Å². The second kappa shape index (κ2) is 7.42. The molecule has 0 spiro atoms. The van der Waals surface area contributed by atoms with Gasteiger partial charge in [-0.25, -0.2) is 4.39 Å². The first-order valence-electron chi connectivity index (χ1n) is 7.76. The first kappa shape index (κ1) is 15.8. The Kier molecular flexibility index (Phi) is 5.86. The highest BCUT2D eigenvalue weighted by Crippen LogP contribution is 2.30. The predicted molar refractivity (Wildman–Crippen MR) is 83.6 cm³/mol. The Morgan fingerprint density at radius 2 is 1.85 bits per heavy atom. The summed E-state index contributed by atoms with van der Waals surface area (Å²) < 4.78 is 13.8. The largest absolute Gasteiger partial charge is 0.312 e. The Labute approximate surface area is 126 Å². The number of aryl methyl sites for hydroxylation is 1. The molecule has 1 saturated carbocycles. The molecule has 3 heteroatoms. The van der Waals surface area contributed by atoms with Crippen molar-refractivity contribution in [1.82, 2.24) is 5.32 Å². The van der Waals surface area contributed by atoms with E-state index in [9.17, 15) is 4.39 Å². The summed E-state index contributed by atoms with van der Waals surface area (Å²) in [5.74, 6) is 1.46. The van der Waals surface area contributed by atoms with Crippen LogP contribution in [0.3, 0.4) is 0 Å². The van der Waals surface area contributed by atoms with E-state index in [2.05, 4.69) is 12.2 Å². The predicted octanol–water partition coefficient (Wildman–Crippen LogP) is 5.09. The van der Waals surface area contributed by atoms with E-state index in [4.69, 9.17) is 11.6 Å². The lowest BCUT2D eigenvalue weighted by atomic mass is 9.81. The van der Waals surface area contributed by atoms with Gasteiger partial charge in [0.15, 0.2) is 0 Å². The van der Waals surface area contributed by atoms with Crippen LogP contribution in [0.15, 0.2) is 12.1 Å². The monoisotopic (exact) mass is 297 g/mol. The fourth-order valence-corrected chi connectivity index (χ4v) is 3.34. The molecule has 0 bridgehead atoms. The van der Waals surface area contributed by atoms with E-state index < -0.39 is 0 Å². The Morgan fingerprint density at radius 3 is 2.50 bits per heavy atom. The molecule has 1 N–H and O–H groups in total. The van der Waals surface area contributed by atoms with Crippen LogP contribution in [-0.4, -0.2) is 6.54 Å². The highest BCUT2D eigenvalue weighted by Gasteiger charge is 2.19. The fourth-order valence-electron chi connectivity index (χ4n) is 3.12. The van der Waals surface area contributed by atoms with Crippen molar-refractivity contribution in [1.29, 1.82) is 0 Å². The summed E-state index contributed by atoms with van der Waals surface area (Å²) in [6.45, 7) is 5.70. The Morgan fingerprint density at radius 1 is 1.20 bits per heavy atom. The topological polar surface area (TPSA) is 12.0 Å². The molecule has 0 aromatic heterocycles. The molecule has 1 aromatic carbocycles. The summed E-state index contributed by atoms with van der Waals surface area (Å²) in [7, 11) is 0. The van der Waals surface area contributed by atoms with Gasteiger partial charge in [-0.05, 0) is 49.8 Å². The molecule has 1 aliphatic rings. The van der Waals surface area contributed by atoms with Crippen LogP contribution < -0.4 is 5.32 Å². The van der Waals surface area contributed by atoms with Gasteiger partial charge in [-0.2, -0.15) is 0 Å². The zero-order valence-electron chi connectivity index (χ0n) is 12.5. The molecule has 2 rings (SSSR count). The third-order valence-electron chi connectivity index (χ3n) is 4.66. The SMILES string of the molecule is CCC1CCC(CNCc2c(F)ccc(C)c2Cl)CC1. The number of hydrogen-bond acceptors (Lipinski definition) is 1. The molecule has 0 unspecified atom stereocenters. The van der Waals surface area contributed by atoms with Gasteiger partial charge in [-0.1, -0.05) is 43.9 Å². The average molecular weight is 298 g/mol. The highest BCUT2D eigenvalue weighted by molar-refractivity contribution is 6.32. The summed E-state index contributed by atoms with van der Waals surface area (Å²) in [5, 5.41) is 3.95. The van der Waals surface area contributed by atoms with Crippen LogP contribution in [0.5, 0.6) is 0 Å². The Bertz CT molecular complexity index is 439. The van der Waals surface area contributed by atoms with Gasteiger partial charge in [-0.15, -0.1) is 0 Å². The van der Waals surface area contributed by atoms with Crippen molar-refractivity contribution in [2.45, 2.75) is 52.5 Å². The molecular formula is C17H25ClFN. The Balaban J connectivity index is 1.81. The minimum atomic E-state index is -0.206. The summed E-state index contributed by atoms with van der Waals surface area (Å²) in [6, 6.07) is 3.23. The minimum Gasteiger partial charge on any atom is -0.312 e. The summed E-state index contributed by atoms with van der Waals surface area (Å²) in [5.41, 5.74) is 1.54. The van der Waals surface area contributed by atoms with Gasteiger partial charge >= 0.3 is 0 Å². The molecule has 0 heterocycles.